The average Bonchev–Trinajstić information content (AvgIpc) is 2.78. The molecule has 5 heteroatoms. The van der Waals surface area contributed by atoms with E-state index < -0.39 is 0 Å². The standard InChI is InChI=1S/C16H26N2O3/c1-11(9-16(19)18-5-7-20-8-6-18)17-13(3)15-10-12(2)21-14(15)4/h10-11,13,17H,5-9H2,1-4H3. The minimum absolute atomic E-state index is 0.130. The Hall–Kier alpha value is -1.33. The second-order valence-electron chi connectivity index (χ2n) is 5.86. The fraction of sp³-hybridized carbons (Fsp3) is 0.688. The van der Waals surface area contributed by atoms with Crippen molar-refractivity contribution in [3.63, 3.8) is 0 Å². The van der Waals surface area contributed by atoms with Gasteiger partial charge in [0.15, 0.2) is 0 Å². The Morgan fingerprint density at radius 1 is 1.33 bits per heavy atom. The van der Waals surface area contributed by atoms with Gasteiger partial charge in [-0.25, -0.2) is 0 Å². The minimum atomic E-state index is 0.130. The molecule has 0 spiro atoms. The van der Waals surface area contributed by atoms with Crippen molar-refractivity contribution in [3.05, 3.63) is 23.2 Å². The van der Waals surface area contributed by atoms with Gasteiger partial charge in [-0.15, -0.1) is 0 Å². The topological polar surface area (TPSA) is 54.7 Å². The van der Waals surface area contributed by atoms with E-state index in [0.717, 1.165) is 17.1 Å². The van der Waals surface area contributed by atoms with Gasteiger partial charge in [-0.05, 0) is 33.8 Å². The van der Waals surface area contributed by atoms with Crippen LogP contribution in [0.4, 0.5) is 0 Å². The number of furan rings is 1. The first-order valence-electron chi connectivity index (χ1n) is 7.66. The highest BCUT2D eigenvalue weighted by molar-refractivity contribution is 5.76. The van der Waals surface area contributed by atoms with Crippen LogP contribution in [0, 0.1) is 13.8 Å². The fourth-order valence-electron chi connectivity index (χ4n) is 2.86. The maximum Gasteiger partial charge on any atom is 0.224 e. The van der Waals surface area contributed by atoms with Gasteiger partial charge in [-0.1, -0.05) is 0 Å². The molecule has 118 valence electrons. The summed E-state index contributed by atoms with van der Waals surface area (Å²) in [6.45, 7) is 10.8. The van der Waals surface area contributed by atoms with Gasteiger partial charge in [-0.3, -0.25) is 4.79 Å². The Labute approximate surface area is 126 Å². The molecule has 1 aliphatic rings. The third-order valence-electron chi connectivity index (χ3n) is 3.92. The van der Waals surface area contributed by atoms with Crippen LogP contribution in [0.3, 0.4) is 0 Å². The normalized spacial score (nSPS) is 18.6. The second kappa shape index (κ2) is 7.09. The molecule has 2 atom stereocenters. The number of nitrogens with one attached hydrogen (secondary N) is 1. The van der Waals surface area contributed by atoms with Crippen molar-refractivity contribution in [2.75, 3.05) is 26.3 Å². The molecule has 1 aliphatic heterocycles. The molecular formula is C16H26N2O3. The number of amides is 1. The number of aryl methyl sites for hydroxylation is 2. The summed E-state index contributed by atoms with van der Waals surface area (Å²) >= 11 is 0. The Morgan fingerprint density at radius 2 is 2.00 bits per heavy atom. The maximum absolute atomic E-state index is 12.2. The zero-order valence-electron chi connectivity index (χ0n) is 13.4. The van der Waals surface area contributed by atoms with Gasteiger partial charge in [0.25, 0.3) is 0 Å². The Balaban J connectivity index is 1.84. The smallest absolute Gasteiger partial charge is 0.224 e. The van der Waals surface area contributed by atoms with Crippen LogP contribution in [0.2, 0.25) is 0 Å². The van der Waals surface area contributed by atoms with E-state index in [4.69, 9.17) is 9.15 Å². The van der Waals surface area contributed by atoms with E-state index >= 15 is 0 Å². The summed E-state index contributed by atoms with van der Waals surface area (Å²) in [4.78, 5) is 14.1. The third kappa shape index (κ3) is 4.32. The van der Waals surface area contributed by atoms with Crippen LogP contribution in [0.1, 0.15) is 43.4 Å². The number of hydrogen-bond acceptors (Lipinski definition) is 4. The van der Waals surface area contributed by atoms with Gasteiger partial charge in [-0.2, -0.15) is 0 Å². The van der Waals surface area contributed by atoms with E-state index in [9.17, 15) is 4.79 Å². The summed E-state index contributed by atoms with van der Waals surface area (Å²) in [5.74, 6) is 2.07. The van der Waals surface area contributed by atoms with E-state index in [1.54, 1.807) is 0 Å². The molecule has 1 aromatic heterocycles. The van der Waals surface area contributed by atoms with Crippen LogP contribution >= 0.6 is 0 Å². The number of ether oxygens (including phenoxy) is 1. The highest BCUT2D eigenvalue weighted by Crippen LogP contribution is 2.21. The highest BCUT2D eigenvalue weighted by Gasteiger charge is 2.21. The molecule has 0 aromatic carbocycles. The van der Waals surface area contributed by atoms with E-state index in [1.165, 1.54) is 0 Å². The van der Waals surface area contributed by atoms with Crippen molar-refractivity contribution in [2.45, 2.75) is 46.2 Å². The first kappa shape index (κ1) is 16.0. The van der Waals surface area contributed by atoms with Crippen molar-refractivity contribution in [3.8, 4) is 0 Å². The lowest BCUT2D eigenvalue weighted by atomic mass is 10.1. The lowest BCUT2D eigenvalue weighted by Gasteiger charge is -2.28. The molecule has 1 amide bonds. The molecule has 1 N–H and O–H groups in total. The minimum Gasteiger partial charge on any atom is -0.466 e. The van der Waals surface area contributed by atoms with Crippen LogP contribution in [0.25, 0.3) is 0 Å². The van der Waals surface area contributed by atoms with Gasteiger partial charge in [0.1, 0.15) is 11.5 Å². The number of hydrogen-bond donors (Lipinski definition) is 1. The van der Waals surface area contributed by atoms with E-state index in [0.29, 0.717) is 32.7 Å². The van der Waals surface area contributed by atoms with Crippen molar-refractivity contribution >= 4 is 5.91 Å². The number of carbonyl (C=O) groups excluding carboxylic acids is 1. The van der Waals surface area contributed by atoms with Crippen LogP contribution < -0.4 is 5.32 Å². The van der Waals surface area contributed by atoms with E-state index in [2.05, 4.69) is 25.2 Å². The van der Waals surface area contributed by atoms with Crippen molar-refractivity contribution < 1.29 is 13.9 Å². The molecule has 1 fully saturated rings. The monoisotopic (exact) mass is 294 g/mol. The van der Waals surface area contributed by atoms with E-state index in [-0.39, 0.29) is 18.0 Å². The van der Waals surface area contributed by atoms with Gasteiger partial charge in [0.2, 0.25) is 5.91 Å². The molecule has 0 saturated carbocycles. The molecule has 21 heavy (non-hydrogen) atoms. The molecule has 2 heterocycles. The summed E-state index contributed by atoms with van der Waals surface area (Å²) in [5, 5.41) is 3.48. The van der Waals surface area contributed by atoms with Crippen LogP contribution in [0.15, 0.2) is 10.5 Å². The van der Waals surface area contributed by atoms with Crippen LogP contribution in [0.5, 0.6) is 0 Å². The molecule has 0 bridgehead atoms. The van der Waals surface area contributed by atoms with Crippen molar-refractivity contribution in [2.24, 2.45) is 0 Å². The summed E-state index contributed by atoms with van der Waals surface area (Å²) in [6.07, 6.45) is 0.514. The summed E-state index contributed by atoms with van der Waals surface area (Å²) in [6, 6.07) is 2.36. The van der Waals surface area contributed by atoms with Crippen molar-refractivity contribution in [1.29, 1.82) is 0 Å². The van der Waals surface area contributed by atoms with Crippen molar-refractivity contribution in [1.82, 2.24) is 10.2 Å². The van der Waals surface area contributed by atoms with Gasteiger partial charge < -0.3 is 19.4 Å². The zero-order chi connectivity index (χ0) is 15.4. The SMILES string of the molecule is Cc1cc(C(C)NC(C)CC(=O)N2CCOCC2)c(C)o1. The fourth-order valence-corrected chi connectivity index (χ4v) is 2.86. The first-order valence-corrected chi connectivity index (χ1v) is 7.66. The Morgan fingerprint density at radius 3 is 2.57 bits per heavy atom. The molecule has 0 aliphatic carbocycles. The van der Waals surface area contributed by atoms with Gasteiger partial charge >= 0.3 is 0 Å². The van der Waals surface area contributed by atoms with Gasteiger partial charge in [0, 0.05) is 37.2 Å². The molecular weight excluding hydrogens is 268 g/mol. The zero-order valence-corrected chi connectivity index (χ0v) is 13.4. The highest BCUT2D eigenvalue weighted by atomic mass is 16.5. The quantitative estimate of drug-likeness (QED) is 0.904. The molecule has 0 radical (unpaired) electrons. The Bertz CT molecular complexity index is 478. The number of rotatable bonds is 5. The predicted octanol–water partition coefficient (Wildman–Crippen LogP) is 2.18. The second-order valence-corrected chi connectivity index (χ2v) is 5.86. The molecule has 2 unspecified atom stereocenters. The van der Waals surface area contributed by atoms with E-state index in [1.807, 2.05) is 18.7 Å². The average molecular weight is 294 g/mol. The predicted molar refractivity (Wildman–Crippen MR) is 81.2 cm³/mol. The Kier molecular flexibility index (Phi) is 5.42. The first-order chi connectivity index (χ1) is 9.97. The van der Waals surface area contributed by atoms with Crippen LogP contribution in [-0.2, 0) is 9.53 Å². The third-order valence-corrected chi connectivity index (χ3v) is 3.92. The van der Waals surface area contributed by atoms with Gasteiger partial charge in [0.05, 0.1) is 13.2 Å². The number of carbonyl (C=O) groups is 1. The largest absolute Gasteiger partial charge is 0.466 e. The maximum atomic E-state index is 12.2. The number of morpholine rings is 1. The number of nitrogens with zero attached hydrogens (tertiary/aromatic N) is 1. The molecule has 1 saturated heterocycles. The summed E-state index contributed by atoms with van der Waals surface area (Å²) in [7, 11) is 0. The summed E-state index contributed by atoms with van der Waals surface area (Å²) in [5.41, 5.74) is 1.16. The molecule has 2 rings (SSSR count). The lowest BCUT2D eigenvalue weighted by molar-refractivity contribution is -0.135. The summed E-state index contributed by atoms with van der Waals surface area (Å²) < 4.78 is 10.8. The molecule has 5 nitrogen and oxygen atoms in total. The lowest BCUT2D eigenvalue weighted by Crippen LogP contribution is -2.43. The molecule has 1 aromatic rings. The van der Waals surface area contributed by atoms with Crippen LogP contribution in [-0.4, -0.2) is 43.2 Å².